The standard InChI is InChI=1S/C17H17F2NO2/c1-17(2)7-12-15(13(21)8-17)10(6-14(22)20-12)9-4-3-5-11(18)16(9)19/h3-5,10H,6-8H2,1-2H3,(H,20,22)/t10-/m1/s1. The molecule has 3 nitrogen and oxygen atoms in total. The first kappa shape index (κ1) is 14.9. The summed E-state index contributed by atoms with van der Waals surface area (Å²) < 4.78 is 27.6. The van der Waals surface area contributed by atoms with E-state index in [1.165, 1.54) is 12.1 Å². The molecule has 0 fully saturated rings. The molecule has 1 amide bonds. The monoisotopic (exact) mass is 305 g/mol. The second-order valence-corrected chi connectivity index (χ2v) is 6.78. The smallest absolute Gasteiger partial charge is 0.225 e. The number of allylic oxidation sites excluding steroid dienone is 2. The van der Waals surface area contributed by atoms with Crippen LogP contribution >= 0.6 is 0 Å². The van der Waals surface area contributed by atoms with Gasteiger partial charge in [-0.2, -0.15) is 0 Å². The molecule has 0 unspecified atom stereocenters. The first-order valence-electron chi connectivity index (χ1n) is 7.28. The molecule has 1 aliphatic carbocycles. The molecule has 1 aromatic carbocycles. The number of carbonyl (C=O) groups excluding carboxylic acids is 2. The SMILES string of the molecule is CC1(C)CC(=O)C2=C(C1)NC(=O)C[C@@H]2c1cccc(F)c1F. The van der Waals surface area contributed by atoms with Crippen LogP contribution in [-0.4, -0.2) is 11.7 Å². The maximum atomic E-state index is 14.1. The van der Waals surface area contributed by atoms with Crippen molar-refractivity contribution in [2.45, 2.75) is 39.0 Å². The van der Waals surface area contributed by atoms with Crippen molar-refractivity contribution in [2.75, 3.05) is 0 Å². The summed E-state index contributed by atoms with van der Waals surface area (Å²) in [6.45, 7) is 3.90. The number of rotatable bonds is 1. The number of carbonyl (C=O) groups is 2. The van der Waals surface area contributed by atoms with Gasteiger partial charge in [-0.15, -0.1) is 0 Å². The molecule has 1 heterocycles. The number of amides is 1. The minimum atomic E-state index is -0.980. The summed E-state index contributed by atoms with van der Waals surface area (Å²) >= 11 is 0. The molecule has 0 radical (unpaired) electrons. The molecule has 1 aromatic rings. The van der Waals surface area contributed by atoms with Crippen molar-refractivity contribution < 1.29 is 18.4 Å². The normalized spacial score (nSPS) is 24.1. The Labute approximate surface area is 127 Å². The van der Waals surface area contributed by atoms with Crippen LogP contribution < -0.4 is 5.32 Å². The van der Waals surface area contributed by atoms with E-state index in [0.29, 0.717) is 24.1 Å². The van der Waals surface area contributed by atoms with Gasteiger partial charge in [-0.05, 0) is 23.5 Å². The third kappa shape index (κ3) is 2.45. The Kier molecular flexibility index (Phi) is 3.38. The molecule has 22 heavy (non-hydrogen) atoms. The second kappa shape index (κ2) is 5.00. The van der Waals surface area contributed by atoms with Crippen LogP contribution in [0.2, 0.25) is 0 Å². The molecule has 1 aliphatic heterocycles. The minimum absolute atomic E-state index is 0.0363. The Morgan fingerprint density at radius 3 is 2.64 bits per heavy atom. The number of Topliss-reactive ketones (excluding diaryl/α,β-unsaturated/α-hetero) is 1. The molecule has 0 aromatic heterocycles. The summed E-state index contributed by atoms with van der Waals surface area (Å²) in [5.74, 6) is -3.01. The van der Waals surface area contributed by atoms with Crippen molar-refractivity contribution in [3.63, 3.8) is 0 Å². The fourth-order valence-corrected chi connectivity index (χ4v) is 3.41. The van der Waals surface area contributed by atoms with E-state index >= 15 is 0 Å². The topological polar surface area (TPSA) is 46.2 Å². The van der Waals surface area contributed by atoms with Gasteiger partial charge in [-0.25, -0.2) is 8.78 Å². The molecule has 0 saturated heterocycles. The van der Waals surface area contributed by atoms with E-state index in [-0.39, 0.29) is 29.1 Å². The van der Waals surface area contributed by atoms with Gasteiger partial charge in [0.1, 0.15) is 0 Å². The number of hydrogen-bond acceptors (Lipinski definition) is 2. The van der Waals surface area contributed by atoms with Gasteiger partial charge in [-0.1, -0.05) is 26.0 Å². The Bertz CT molecular complexity index is 707. The number of halogens is 2. The predicted octanol–water partition coefficient (Wildman–Crippen LogP) is 3.21. The number of ketones is 1. The number of benzene rings is 1. The van der Waals surface area contributed by atoms with Crippen LogP contribution in [0.4, 0.5) is 8.78 Å². The first-order chi connectivity index (χ1) is 10.3. The minimum Gasteiger partial charge on any atom is -0.329 e. The van der Waals surface area contributed by atoms with Gasteiger partial charge < -0.3 is 5.32 Å². The Balaban J connectivity index is 2.13. The van der Waals surface area contributed by atoms with Crippen LogP contribution in [0.3, 0.4) is 0 Å². The van der Waals surface area contributed by atoms with E-state index in [9.17, 15) is 18.4 Å². The van der Waals surface area contributed by atoms with E-state index in [1.54, 1.807) is 0 Å². The fourth-order valence-electron chi connectivity index (χ4n) is 3.41. The molecule has 0 bridgehead atoms. The summed E-state index contributed by atoms with van der Waals surface area (Å²) in [7, 11) is 0. The zero-order chi connectivity index (χ0) is 16.1. The fraction of sp³-hybridized carbons (Fsp3) is 0.412. The third-order valence-electron chi connectivity index (χ3n) is 4.31. The molecule has 3 rings (SSSR count). The van der Waals surface area contributed by atoms with E-state index in [0.717, 1.165) is 6.07 Å². The summed E-state index contributed by atoms with van der Waals surface area (Å²) in [5.41, 5.74) is 0.830. The van der Waals surface area contributed by atoms with Crippen molar-refractivity contribution in [1.82, 2.24) is 5.32 Å². The average molecular weight is 305 g/mol. The molecular weight excluding hydrogens is 288 g/mol. The Hall–Kier alpha value is -2.04. The lowest BCUT2D eigenvalue weighted by Gasteiger charge is -2.37. The Morgan fingerprint density at radius 1 is 1.18 bits per heavy atom. The van der Waals surface area contributed by atoms with Crippen molar-refractivity contribution >= 4 is 11.7 Å². The van der Waals surface area contributed by atoms with E-state index < -0.39 is 17.6 Å². The van der Waals surface area contributed by atoms with E-state index in [1.807, 2.05) is 13.8 Å². The maximum absolute atomic E-state index is 14.1. The van der Waals surface area contributed by atoms with E-state index in [2.05, 4.69) is 5.32 Å². The summed E-state index contributed by atoms with van der Waals surface area (Å²) in [4.78, 5) is 24.4. The van der Waals surface area contributed by atoms with Crippen molar-refractivity contribution in [1.29, 1.82) is 0 Å². The highest BCUT2D eigenvalue weighted by Gasteiger charge is 2.41. The van der Waals surface area contributed by atoms with Crippen LogP contribution in [0, 0.1) is 17.0 Å². The van der Waals surface area contributed by atoms with Crippen LogP contribution in [0.1, 0.15) is 44.6 Å². The van der Waals surface area contributed by atoms with E-state index in [4.69, 9.17) is 0 Å². The molecule has 116 valence electrons. The first-order valence-corrected chi connectivity index (χ1v) is 7.28. The lowest BCUT2D eigenvalue weighted by Crippen LogP contribution is -2.40. The summed E-state index contributed by atoms with van der Waals surface area (Å²) in [6, 6.07) is 3.87. The highest BCUT2D eigenvalue weighted by Crippen LogP contribution is 2.44. The number of hydrogen-bond donors (Lipinski definition) is 1. The zero-order valence-electron chi connectivity index (χ0n) is 12.5. The molecule has 1 atom stereocenters. The van der Waals surface area contributed by atoms with Crippen LogP contribution in [0.5, 0.6) is 0 Å². The van der Waals surface area contributed by atoms with Crippen LogP contribution in [-0.2, 0) is 9.59 Å². The van der Waals surface area contributed by atoms with Gasteiger partial charge in [0.15, 0.2) is 17.4 Å². The maximum Gasteiger partial charge on any atom is 0.225 e. The van der Waals surface area contributed by atoms with Gasteiger partial charge in [0.25, 0.3) is 0 Å². The van der Waals surface area contributed by atoms with Gasteiger partial charge in [-0.3, -0.25) is 9.59 Å². The molecular formula is C17H17F2NO2. The number of nitrogens with one attached hydrogen (secondary N) is 1. The predicted molar refractivity (Wildman–Crippen MR) is 76.9 cm³/mol. The molecule has 2 aliphatic rings. The lowest BCUT2D eigenvalue weighted by atomic mass is 9.70. The zero-order valence-corrected chi connectivity index (χ0v) is 12.5. The Morgan fingerprint density at radius 2 is 1.91 bits per heavy atom. The van der Waals surface area contributed by atoms with Crippen molar-refractivity contribution in [3.8, 4) is 0 Å². The van der Waals surface area contributed by atoms with Crippen molar-refractivity contribution in [2.24, 2.45) is 5.41 Å². The van der Waals surface area contributed by atoms with Crippen molar-refractivity contribution in [3.05, 3.63) is 46.7 Å². The average Bonchev–Trinajstić information content (AvgIpc) is 2.39. The lowest BCUT2D eigenvalue weighted by molar-refractivity contribution is -0.122. The van der Waals surface area contributed by atoms with Gasteiger partial charge in [0, 0.05) is 30.0 Å². The highest BCUT2D eigenvalue weighted by molar-refractivity contribution is 6.02. The molecule has 0 saturated carbocycles. The largest absolute Gasteiger partial charge is 0.329 e. The summed E-state index contributed by atoms with van der Waals surface area (Å²) in [5, 5.41) is 2.74. The van der Waals surface area contributed by atoms with Gasteiger partial charge >= 0.3 is 0 Å². The van der Waals surface area contributed by atoms with Gasteiger partial charge in [0.2, 0.25) is 5.91 Å². The quantitative estimate of drug-likeness (QED) is 0.866. The van der Waals surface area contributed by atoms with Crippen LogP contribution in [0.25, 0.3) is 0 Å². The second-order valence-electron chi connectivity index (χ2n) is 6.78. The molecule has 1 N–H and O–H groups in total. The molecule has 5 heteroatoms. The third-order valence-corrected chi connectivity index (χ3v) is 4.31. The summed E-state index contributed by atoms with van der Waals surface area (Å²) in [6.07, 6.45) is 0.855. The van der Waals surface area contributed by atoms with Crippen LogP contribution in [0.15, 0.2) is 29.5 Å². The van der Waals surface area contributed by atoms with Gasteiger partial charge in [0.05, 0.1) is 0 Å². The highest BCUT2D eigenvalue weighted by atomic mass is 19.2. The molecule has 0 spiro atoms.